The van der Waals surface area contributed by atoms with Crippen molar-refractivity contribution >= 4 is 0 Å². The Morgan fingerprint density at radius 2 is 2.12 bits per heavy atom. The van der Waals surface area contributed by atoms with Crippen molar-refractivity contribution in [3.8, 4) is 6.07 Å². The van der Waals surface area contributed by atoms with Crippen LogP contribution in [0.3, 0.4) is 0 Å². The Labute approximate surface area is 97.3 Å². The normalized spacial score (nSPS) is 16.2. The minimum absolute atomic E-state index is 0.750. The van der Waals surface area contributed by atoms with Crippen LogP contribution in [-0.4, -0.2) is 6.54 Å². The van der Waals surface area contributed by atoms with Crippen molar-refractivity contribution in [1.82, 2.24) is 5.32 Å². The van der Waals surface area contributed by atoms with Gasteiger partial charge in [-0.1, -0.05) is 25.0 Å². The van der Waals surface area contributed by atoms with Crippen molar-refractivity contribution in [1.29, 1.82) is 5.26 Å². The molecule has 0 saturated heterocycles. The van der Waals surface area contributed by atoms with Gasteiger partial charge < -0.3 is 5.32 Å². The molecule has 1 aromatic carbocycles. The van der Waals surface area contributed by atoms with Crippen LogP contribution in [0.1, 0.15) is 36.8 Å². The van der Waals surface area contributed by atoms with E-state index in [0.717, 1.165) is 24.6 Å². The van der Waals surface area contributed by atoms with Crippen LogP contribution < -0.4 is 5.32 Å². The zero-order valence-electron chi connectivity index (χ0n) is 9.58. The van der Waals surface area contributed by atoms with E-state index in [1.165, 1.54) is 31.2 Å². The number of nitrogens with one attached hydrogen (secondary N) is 1. The third-order valence-corrected chi connectivity index (χ3v) is 3.29. The fraction of sp³-hybridized carbons (Fsp3) is 0.500. The largest absolute Gasteiger partial charge is 0.312 e. The van der Waals surface area contributed by atoms with Crippen LogP contribution in [-0.2, 0) is 6.54 Å². The molecule has 16 heavy (non-hydrogen) atoms. The van der Waals surface area contributed by atoms with E-state index in [0.29, 0.717) is 0 Å². The van der Waals surface area contributed by atoms with E-state index in [1.54, 1.807) is 0 Å². The summed E-state index contributed by atoms with van der Waals surface area (Å²) in [5.41, 5.74) is 1.96. The van der Waals surface area contributed by atoms with Crippen molar-refractivity contribution in [3.05, 3.63) is 35.4 Å². The van der Waals surface area contributed by atoms with E-state index in [4.69, 9.17) is 5.26 Å². The molecule has 1 fully saturated rings. The van der Waals surface area contributed by atoms with Gasteiger partial charge in [-0.15, -0.1) is 0 Å². The second kappa shape index (κ2) is 5.67. The summed E-state index contributed by atoms with van der Waals surface area (Å²) in [6.45, 7) is 2.00. The first-order valence-electron chi connectivity index (χ1n) is 6.08. The van der Waals surface area contributed by atoms with E-state index < -0.39 is 0 Å². The number of benzene rings is 1. The Kier molecular flexibility index (Phi) is 3.96. The minimum Gasteiger partial charge on any atom is -0.312 e. The monoisotopic (exact) mass is 214 g/mol. The zero-order valence-corrected chi connectivity index (χ0v) is 9.58. The van der Waals surface area contributed by atoms with Crippen LogP contribution in [0.2, 0.25) is 0 Å². The highest BCUT2D eigenvalue weighted by Crippen LogP contribution is 2.23. The fourth-order valence-corrected chi connectivity index (χ4v) is 2.39. The van der Waals surface area contributed by atoms with Crippen LogP contribution in [0.25, 0.3) is 0 Å². The van der Waals surface area contributed by atoms with Crippen molar-refractivity contribution in [2.75, 3.05) is 6.54 Å². The molecule has 1 N–H and O–H groups in total. The predicted molar refractivity (Wildman–Crippen MR) is 64.8 cm³/mol. The number of rotatable bonds is 4. The summed E-state index contributed by atoms with van der Waals surface area (Å²) >= 11 is 0. The van der Waals surface area contributed by atoms with Crippen LogP contribution in [0.4, 0.5) is 0 Å². The molecule has 2 rings (SSSR count). The Morgan fingerprint density at radius 1 is 1.31 bits per heavy atom. The molecule has 84 valence electrons. The molecule has 0 heterocycles. The molecule has 0 aliphatic heterocycles. The molecule has 0 amide bonds. The third kappa shape index (κ3) is 3.08. The Morgan fingerprint density at radius 3 is 2.88 bits per heavy atom. The maximum atomic E-state index is 8.79. The van der Waals surface area contributed by atoms with Gasteiger partial charge in [0.05, 0.1) is 11.6 Å². The molecule has 0 aromatic heterocycles. The quantitative estimate of drug-likeness (QED) is 0.836. The first kappa shape index (κ1) is 11.2. The number of hydrogen-bond donors (Lipinski definition) is 1. The smallest absolute Gasteiger partial charge is 0.0991 e. The molecule has 0 unspecified atom stereocenters. The Bertz CT molecular complexity index is 373. The first-order valence-corrected chi connectivity index (χ1v) is 6.08. The molecular weight excluding hydrogens is 196 g/mol. The molecule has 1 aromatic rings. The maximum absolute atomic E-state index is 8.79. The highest BCUT2D eigenvalue weighted by Gasteiger charge is 2.13. The van der Waals surface area contributed by atoms with E-state index in [9.17, 15) is 0 Å². The summed E-state index contributed by atoms with van der Waals surface area (Å²) in [5.74, 6) is 0.874. The highest BCUT2D eigenvalue weighted by atomic mass is 14.9. The van der Waals surface area contributed by atoms with E-state index in [-0.39, 0.29) is 0 Å². The topological polar surface area (TPSA) is 35.8 Å². The molecule has 1 aliphatic rings. The SMILES string of the molecule is N#Cc1cccc(CNCC2CCCC2)c1. The molecule has 2 heteroatoms. The molecular formula is C14H18N2. The highest BCUT2D eigenvalue weighted by molar-refractivity contribution is 5.32. The Hall–Kier alpha value is -1.33. The van der Waals surface area contributed by atoms with E-state index in [2.05, 4.69) is 17.5 Å². The summed E-state index contributed by atoms with van der Waals surface area (Å²) in [6, 6.07) is 10.0. The second-order valence-corrected chi connectivity index (χ2v) is 4.59. The lowest BCUT2D eigenvalue weighted by Gasteiger charge is -2.10. The molecule has 0 spiro atoms. The van der Waals surface area contributed by atoms with Gasteiger partial charge in [0.15, 0.2) is 0 Å². The van der Waals surface area contributed by atoms with E-state index in [1.807, 2.05) is 18.2 Å². The second-order valence-electron chi connectivity index (χ2n) is 4.59. The van der Waals surface area contributed by atoms with Gasteiger partial charge in [-0.3, -0.25) is 0 Å². The van der Waals surface area contributed by atoms with Gasteiger partial charge >= 0.3 is 0 Å². The summed E-state index contributed by atoms with van der Waals surface area (Å²) in [7, 11) is 0. The summed E-state index contributed by atoms with van der Waals surface area (Å²) < 4.78 is 0. The average Bonchev–Trinajstić information content (AvgIpc) is 2.82. The van der Waals surface area contributed by atoms with Crippen molar-refractivity contribution < 1.29 is 0 Å². The first-order chi connectivity index (χ1) is 7.88. The van der Waals surface area contributed by atoms with Crippen LogP contribution in [0, 0.1) is 17.2 Å². The van der Waals surface area contributed by atoms with Gasteiger partial charge in [0.25, 0.3) is 0 Å². The number of hydrogen-bond acceptors (Lipinski definition) is 2. The van der Waals surface area contributed by atoms with Crippen LogP contribution in [0.15, 0.2) is 24.3 Å². The molecule has 1 aliphatic carbocycles. The predicted octanol–water partition coefficient (Wildman–Crippen LogP) is 2.84. The van der Waals surface area contributed by atoms with Crippen LogP contribution >= 0.6 is 0 Å². The summed E-state index contributed by atoms with van der Waals surface area (Å²) in [4.78, 5) is 0. The van der Waals surface area contributed by atoms with Crippen molar-refractivity contribution in [3.63, 3.8) is 0 Å². The van der Waals surface area contributed by atoms with Gasteiger partial charge in [0.2, 0.25) is 0 Å². The minimum atomic E-state index is 0.750. The number of nitriles is 1. The molecule has 0 atom stereocenters. The van der Waals surface area contributed by atoms with Gasteiger partial charge in [-0.2, -0.15) is 5.26 Å². The molecule has 0 radical (unpaired) electrons. The Balaban J connectivity index is 1.78. The third-order valence-electron chi connectivity index (χ3n) is 3.29. The van der Waals surface area contributed by atoms with Crippen molar-refractivity contribution in [2.45, 2.75) is 32.2 Å². The standard InChI is InChI=1S/C14H18N2/c15-9-13-6-3-7-14(8-13)11-16-10-12-4-1-2-5-12/h3,6-8,12,16H,1-2,4-5,10-11H2. The maximum Gasteiger partial charge on any atom is 0.0991 e. The zero-order chi connectivity index (χ0) is 11.2. The van der Waals surface area contributed by atoms with Gasteiger partial charge in [-0.05, 0) is 43.0 Å². The number of nitrogens with zero attached hydrogens (tertiary/aromatic N) is 1. The lowest BCUT2D eigenvalue weighted by atomic mass is 10.1. The molecule has 2 nitrogen and oxygen atoms in total. The van der Waals surface area contributed by atoms with Gasteiger partial charge in [-0.25, -0.2) is 0 Å². The average molecular weight is 214 g/mol. The van der Waals surface area contributed by atoms with Gasteiger partial charge in [0, 0.05) is 6.54 Å². The van der Waals surface area contributed by atoms with E-state index >= 15 is 0 Å². The fourth-order valence-electron chi connectivity index (χ4n) is 2.39. The molecule has 0 bridgehead atoms. The van der Waals surface area contributed by atoms with Crippen LogP contribution in [0.5, 0.6) is 0 Å². The summed E-state index contributed by atoms with van der Waals surface area (Å²) in [6.07, 6.45) is 5.56. The van der Waals surface area contributed by atoms with Gasteiger partial charge in [0.1, 0.15) is 0 Å². The molecule has 1 saturated carbocycles. The summed E-state index contributed by atoms with van der Waals surface area (Å²) in [5, 5.41) is 12.3. The van der Waals surface area contributed by atoms with Crippen molar-refractivity contribution in [2.24, 2.45) is 5.92 Å². The lowest BCUT2D eigenvalue weighted by molar-refractivity contribution is 0.489. The lowest BCUT2D eigenvalue weighted by Crippen LogP contribution is -2.20.